The summed E-state index contributed by atoms with van der Waals surface area (Å²) in [6.45, 7) is 5.15. The Morgan fingerprint density at radius 2 is 2.29 bits per heavy atom. The lowest BCUT2D eigenvalue weighted by Gasteiger charge is -2.25. The van der Waals surface area contributed by atoms with Crippen LogP contribution in [0.2, 0.25) is 0 Å². The molecule has 21 heavy (non-hydrogen) atoms. The molecule has 1 aromatic rings. The number of aliphatic carboxylic acids is 1. The molecule has 0 saturated carbocycles. The van der Waals surface area contributed by atoms with Crippen LogP contribution in [0.5, 0.6) is 0 Å². The van der Waals surface area contributed by atoms with Gasteiger partial charge in [0, 0.05) is 18.0 Å². The number of nitrogens with zero attached hydrogens (tertiary/aromatic N) is 2. The molecule has 1 unspecified atom stereocenters. The van der Waals surface area contributed by atoms with Gasteiger partial charge in [0.15, 0.2) is 0 Å². The smallest absolute Gasteiger partial charge is 0.308 e. The molecule has 4 nitrogen and oxygen atoms in total. The summed E-state index contributed by atoms with van der Waals surface area (Å²) in [6.07, 6.45) is 5.26. The lowest BCUT2D eigenvalue weighted by atomic mass is 10.1. The molecule has 0 fully saturated rings. The molecule has 0 amide bonds. The van der Waals surface area contributed by atoms with Crippen molar-refractivity contribution in [1.29, 1.82) is 5.26 Å². The molecule has 0 aromatic carbocycles. The van der Waals surface area contributed by atoms with E-state index in [0.717, 1.165) is 49.2 Å². The predicted molar refractivity (Wildman–Crippen MR) is 85.0 cm³/mol. The number of carboxylic acid groups (broad SMARTS) is 1. The lowest BCUT2D eigenvalue weighted by Crippen LogP contribution is -2.32. The van der Waals surface area contributed by atoms with Crippen LogP contribution in [0.25, 0.3) is 0 Å². The number of carbonyl (C=O) groups is 1. The zero-order chi connectivity index (χ0) is 15.4. The summed E-state index contributed by atoms with van der Waals surface area (Å²) in [5, 5.41) is 19.7. The van der Waals surface area contributed by atoms with E-state index in [1.165, 1.54) is 10.4 Å². The second kappa shape index (κ2) is 6.95. The van der Waals surface area contributed by atoms with Gasteiger partial charge >= 0.3 is 5.97 Å². The molecule has 1 N–H and O–H groups in total. The van der Waals surface area contributed by atoms with Gasteiger partial charge in [0.25, 0.3) is 0 Å². The number of rotatable bonds is 7. The standard InChI is InChI=1S/C16H22N2O2S/c1-3-4-8-18(10-11(2)16(19)20)15-13(9-17)12-6-5-7-14(12)21-15/h11H,3-8,10H2,1-2H3,(H,19,20). The molecule has 0 aliphatic heterocycles. The zero-order valence-corrected chi connectivity index (χ0v) is 13.5. The van der Waals surface area contributed by atoms with E-state index in [9.17, 15) is 10.1 Å². The van der Waals surface area contributed by atoms with Gasteiger partial charge in [0.05, 0.1) is 11.5 Å². The number of thiophene rings is 1. The van der Waals surface area contributed by atoms with Gasteiger partial charge in [-0.3, -0.25) is 4.79 Å². The van der Waals surface area contributed by atoms with Gasteiger partial charge in [-0.15, -0.1) is 11.3 Å². The van der Waals surface area contributed by atoms with Crippen LogP contribution in [0, 0.1) is 17.2 Å². The van der Waals surface area contributed by atoms with E-state index in [1.807, 2.05) is 0 Å². The highest BCUT2D eigenvalue weighted by Crippen LogP contribution is 2.41. The van der Waals surface area contributed by atoms with Crippen molar-refractivity contribution in [3.8, 4) is 6.07 Å². The molecule has 1 aliphatic rings. The summed E-state index contributed by atoms with van der Waals surface area (Å²) in [5.41, 5.74) is 2.00. The molecule has 5 heteroatoms. The monoisotopic (exact) mass is 306 g/mol. The van der Waals surface area contributed by atoms with Crippen LogP contribution >= 0.6 is 11.3 Å². The maximum absolute atomic E-state index is 11.1. The number of hydrogen-bond donors (Lipinski definition) is 1. The number of hydrogen-bond acceptors (Lipinski definition) is 4. The third-order valence-corrected chi connectivity index (χ3v) is 5.35. The molecule has 2 rings (SSSR count). The number of anilines is 1. The molecular formula is C16H22N2O2S. The minimum absolute atomic E-state index is 0.426. The van der Waals surface area contributed by atoms with Gasteiger partial charge in [-0.25, -0.2) is 0 Å². The van der Waals surface area contributed by atoms with E-state index in [1.54, 1.807) is 18.3 Å². The largest absolute Gasteiger partial charge is 0.481 e. The van der Waals surface area contributed by atoms with Crippen LogP contribution in [0.1, 0.15) is 49.1 Å². The molecular weight excluding hydrogens is 284 g/mol. The van der Waals surface area contributed by atoms with Gasteiger partial charge in [0.1, 0.15) is 11.1 Å². The Kier molecular flexibility index (Phi) is 5.24. The molecule has 1 aliphatic carbocycles. The van der Waals surface area contributed by atoms with Crippen molar-refractivity contribution < 1.29 is 9.90 Å². The quantitative estimate of drug-likeness (QED) is 0.838. The number of carboxylic acids is 1. The average Bonchev–Trinajstić information content (AvgIpc) is 3.02. The van der Waals surface area contributed by atoms with Crippen molar-refractivity contribution in [3.63, 3.8) is 0 Å². The Bertz CT molecular complexity index is 559. The van der Waals surface area contributed by atoms with Gasteiger partial charge < -0.3 is 10.0 Å². The van der Waals surface area contributed by atoms with Crippen molar-refractivity contribution in [2.45, 2.75) is 46.0 Å². The molecule has 0 spiro atoms. The Morgan fingerprint density at radius 1 is 1.52 bits per heavy atom. The minimum atomic E-state index is -0.779. The van der Waals surface area contributed by atoms with Gasteiger partial charge in [-0.1, -0.05) is 20.3 Å². The number of nitriles is 1. The highest BCUT2D eigenvalue weighted by molar-refractivity contribution is 7.16. The minimum Gasteiger partial charge on any atom is -0.481 e. The van der Waals surface area contributed by atoms with Gasteiger partial charge in [-0.2, -0.15) is 5.26 Å². The first-order valence-corrected chi connectivity index (χ1v) is 8.42. The van der Waals surface area contributed by atoms with Crippen molar-refractivity contribution in [2.75, 3.05) is 18.0 Å². The topological polar surface area (TPSA) is 64.3 Å². The second-order valence-electron chi connectivity index (χ2n) is 5.69. The van der Waals surface area contributed by atoms with Crippen molar-refractivity contribution in [1.82, 2.24) is 0 Å². The Morgan fingerprint density at radius 3 is 2.90 bits per heavy atom. The zero-order valence-electron chi connectivity index (χ0n) is 12.7. The highest BCUT2D eigenvalue weighted by atomic mass is 32.1. The fourth-order valence-corrected chi connectivity index (χ4v) is 4.13. The molecule has 0 bridgehead atoms. The maximum Gasteiger partial charge on any atom is 0.308 e. The van der Waals surface area contributed by atoms with E-state index >= 15 is 0 Å². The van der Waals surface area contributed by atoms with Crippen molar-refractivity contribution in [2.24, 2.45) is 5.92 Å². The summed E-state index contributed by atoms with van der Waals surface area (Å²) in [5.74, 6) is -1.20. The fraction of sp³-hybridized carbons (Fsp3) is 0.625. The summed E-state index contributed by atoms with van der Waals surface area (Å²) in [4.78, 5) is 14.6. The second-order valence-corrected chi connectivity index (χ2v) is 6.77. The van der Waals surface area contributed by atoms with Crippen LogP contribution in [-0.4, -0.2) is 24.2 Å². The molecule has 0 radical (unpaired) electrons. The number of fused-ring (bicyclic) bond motifs is 1. The van der Waals surface area contributed by atoms with Crippen molar-refractivity contribution >= 4 is 22.3 Å². The Balaban J connectivity index is 2.28. The van der Waals surface area contributed by atoms with E-state index in [4.69, 9.17) is 5.11 Å². The Hall–Kier alpha value is -1.54. The first kappa shape index (κ1) is 15.8. The fourth-order valence-electron chi connectivity index (χ4n) is 2.76. The molecule has 1 heterocycles. The van der Waals surface area contributed by atoms with Gasteiger partial charge in [-0.05, 0) is 31.2 Å². The summed E-state index contributed by atoms with van der Waals surface area (Å²) < 4.78 is 0. The van der Waals surface area contributed by atoms with E-state index < -0.39 is 11.9 Å². The van der Waals surface area contributed by atoms with Crippen LogP contribution in [0.4, 0.5) is 5.00 Å². The predicted octanol–water partition coefficient (Wildman–Crippen LogP) is 3.44. The number of aryl methyl sites for hydroxylation is 1. The SMILES string of the molecule is CCCCN(CC(C)C(=O)O)c1sc2c(c1C#N)CCC2. The summed E-state index contributed by atoms with van der Waals surface area (Å²) >= 11 is 1.70. The third-order valence-electron chi connectivity index (χ3n) is 4.00. The van der Waals surface area contributed by atoms with Crippen molar-refractivity contribution in [3.05, 3.63) is 16.0 Å². The van der Waals surface area contributed by atoms with Crippen LogP contribution in [0.3, 0.4) is 0 Å². The van der Waals surface area contributed by atoms with Crippen LogP contribution < -0.4 is 4.90 Å². The van der Waals surface area contributed by atoms with E-state index in [2.05, 4.69) is 17.9 Å². The first-order valence-electron chi connectivity index (χ1n) is 7.60. The molecule has 0 saturated heterocycles. The molecule has 114 valence electrons. The molecule has 1 aromatic heterocycles. The van der Waals surface area contributed by atoms with Gasteiger partial charge in [0.2, 0.25) is 0 Å². The van der Waals surface area contributed by atoms with E-state index in [-0.39, 0.29) is 0 Å². The third kappa shape index (κ3) is 3.38. The lowest BCUT2D eigenvalue weighted by molar-refractivity contribution is -0.140. The van der Waals surface area contributed by atoms with E-state index in [0.29, 0.717) is 6.54 Å². The molecule has 1 atom stereocenters. The number of unbranched alkanes of at least 4 members (excludes halogenated alkanes) is 1. The Labute approximate surface area is 130 Å². The normalized spacial score (nSPS) is 14.5. The average molecular weight is 306 g/mol. The van der Waals surface area contributed by atoms with Crippen LogP contribution in [0.15, 0.2) is 0 Å². The van der Waals surface area contributed by atoms with Crippen LogP contribution in [-0.2, 0) is 17.6 Å². The summed E-state index contributed by atoms with van der Waals surface area (Å²) in [7, 11) is 0. The summed E-state index contributed by atoms with van der Waals surface area (Å²) in [6, 6.07) is 2.36. The highest BCUT2D eigenvalue weighted by Gasteiger charge is 2.26. The first-order chi connectivity index (χ1) is 10.1. The maximum atomic E-state index is 11.1.